The predicted octanol–water partition coefficient (Wildman–Crippen LogP) is -0.180. The number of hydrogen-bond acceptors (Lipinski definition) is 4. The van der Waals surface area contributed by atoms with E-state index in [-0.39, 0.29) is 6.10 Å². The van der Waals surface area contributed by atoms with Crippen LogP contribution >= 0.6 is 0 Å². The molecule has 1 aliphatic heterocycles. The Balaban J connectivity index is 2.15. The van der Waals surface area contributed by atoms with Crippen LogP contribution in [0.15, 0.2) is 0 Å². The Morgan fingerprint density at radius 2 is 2.54 bits per heavy atom. The highest BCUT2D eigenvalue weighted by molar-refractivity contribution is 4.77. The van der Waals surface area contributed by atoms with E-state index >= 15 is 0 Å². The van der Waals surface area contributed by atoms with Crippen molar-refractivity contribution in [1.29, 1.82) is 5.26 Å². The highest BCUT2D eigenvalue weighted by Gasteiger charge is 2.18. The summed E-state index contributed by atoms with van der Waals surface area (Å²) < 4.78 is 5.54. The second-order valence-electron chi connectivity index (χ2n) is 3.18. The predicted molar refractivity (Wildman–Crippen MR) is 50.3 cm³/mol. The Kier molecular flexibility index (Phi) is 4.76. The minimum absolute atomic E-state index is 0.252. The summed E-state index contributed by atoms with van der Waals surface area (Å²) in [5.74, 6) is 0. The van der Waals surface area contributed by atoms with Gasteiger partial charge in [-0.15, -0.1) is 0 Å². The van der Waals surface area contributed by atoms with Gasteiger partial charge in [-0.2, -0.15) is 5.26 Å². The van der Waals surface area contributed by atoms with Crippen LogP contribution in [0.2, 0.25) is 0 Å². The van der Waals surface area contributed by atoms with E-state index in [0.29, 0.717) is 6.54 Å². The van der Waals surface area contributed by atoms with Crippen molar-refractivity contribution >= 4 is 0 Å². The van der Waals surface area contributed by atoms with E-state index in [1.165, 1.54) is 0 Å². The van der Waals surface area contributed by atoms with Gasteiger partial charge in [0.05, 0.1) is 25.3 Å². The number of rotatable bonds is 4. The maximum Gasteiger partial charge on any atom is 0.0841 e. The maximum absolute atomic E-state index is 8.33. The molecule has 13 heavy (non-hydrogen) atoms. The average molecular weight is 183 g/mol. The van der Waals surface area contributed by atoms with Gasteiger partial charge in [-0.05, 0) is 6.54 Å². The molecule has 1 heterocycles. The van der Waals surface area contributed by atoms with Gasteiger partial charge in [-0.3, -0.25) is 4.90 Å². The molecule has 1 atom stereocenters. The van der Waals surface area contributed by atoms with Crippen LogP contribution in [0, 0.1) is 11.3 Å². The molecule has 0 radical (unpaired) electrons. The van der Waals surface area contributed by atoms with E-state index in [1.54, 1.807) is 0 Å². The number of morpholine rings is 1. The maximum atomic E-state index is 8.33. The van der Waals surface area contributed by atoms with Gasteiger partial charge in [-0.25, -0.2) is 0 Å². The molecule has 0 aliphatic carbocycles. The van der Waals surface area contributed by atoms with E-state index in [0.717, 1.165) is 32.8 Å². The summed E-state index contributed by atoms with van der Waals surface area (Å²) in [6.45, 7) is 7.26. The zero-order valence-corrected chi connectivity index (χ0v) is 8.12. The summed E-state index contributed by atoms with van der Waals surface area (Å²) in [6.07, 6.45) is 0.252. The van der Waals surface area contributed by atoms with Crippen LogP contribution in [0.5, 0.6) is 0 Å². The summed E-state index contributed by atoms with van der Waals surface area (Å²) >= 11 is 0. The molecule has 1 N–H and O–H groups in total. The van der Waals surface area contributed by atoms with Gasteiger partial charge in [0.15, 0.2) is 0 Å². The number of nitrogens with zero attached hydrogens (tertiary/aromatic N) is 2. The van der Waals surface area contributed by atoms with Crippen LogP contribution in [0.3, 0.4) is 0 Å². The SMILES string of the molecule is CCN1CCOC(CNCC#N)C1. The lowest BCUT2D eigenvalue weighted by molar-refractivity contribution is -0.0247. The molecule has 0 amide bonds. The Bertz CT molecular complexity index is 178. The first-order valence-corrected chi connectivity index (χ1v) is 4.78. The van der Waals surface area contributed by atoms with Crippen LogP contribution in [0.1, 0.15) is 6.92 Å². The lowest BCUT2D eigenvalue weighted by atomic mass is 10.2. The van der Waals surface area contributed by atoms with E-state index in [4.69, 9.17) is 10.00 Å². The molecule has 1 rings (SSSR count). The van der Waals surface area contributed by atoms with Crippen molar-refractivity contribution < 1.29 is 4.74 Å². The molecule has 0 saturated carbocycles. The van der Waals surface area contributed by atoms with Crippen LogP contribution in [0.4, 0.5) is 0 Å². The minimum atomic E-state index is 0.252. The second-order valence-corrected chi connectivity index (χ2v) is 3.18. The standard InChI is InChI=1S/C9H17N3O/c1-2-12-5-6-13-9(8-12)7-11-4-3-10/h9,11H,2,4-8H2,1H3. The molecule has 0 aromatic carbocycles. The molecule has 1 unspecified atom stereocenters. The van der Waals surface area contributed by atoms with Gasteiger partial charge < -0.3 is 10.1 Å². The van der Waals surface area contributed by atoms with Crippen LogP contribution < -0.4 is 5.32 Å². The monoisotopic (exact) mass is 183 g/mol. The first-order valence-electron chi connectivity index (χ1n) is 4.78. The second kappa shape index (κ2) is 5.92. The van der Waals surface area contributed by atoms with E-state index in [2.05, 4.69) is 23.2 Å². The topological polar surface area (TPSA) is 48.3 Å². The summed E-state index contributed by atoms with van der Waals surface area (Å²) in [5.41, 5.74) is 0. The number of nitriles is 1. The Morgan fingerprint density at radius 3 is 3.23 bits per heavy atom. The lowest BCUT2D eigenvalue weighted by Crippen LogP contribution is -2.46. The number of hydrogen-bond donors (Lipinski definition) is 1. The molecule has 1 fully saturated rings. The van der Waals surface area contributed by atoms with Gasteiger partial charge in [0.1, 0.15) is 0 Å². The molecular weight excluding hydrogens is 166 g/mol. The van der Waals surface area contributed by atoms with Crippen LogP contribution in [-0.4, -0.2) is 50.3 Å². The summed E-state index contributed by atoms with van der Waals surface area (Å²) in [7, 11) is 0. The quantitative estimate of drug-likeness (QED) is 0.485. The molecule has 0 bridgehead atoms. The van der Waals surface area contributed by atoms with Crippen molar-refractivity contribution in [2.45, 2.75) is 13.0 Å². The molecule has 4 heteroatoms. The van der Waals surface area contributed by atoms with E-state index in [1.807, 2.05) is 0 Å². The largest absolute Gasteiger partial charge is 0.374 e. The molecular formula is C9H17N3O. The normalized spacial score (nSPS) is 24.2. The summed E-state index contributed by atoms with van der Waals surface area (Å²) in [4.78, 5) is 2.36. The van der Waals surface area contributed by atoms with Crippen molar-refractivity contribution in [2.24, 2.45) is 0 Å². The third-order valence-electron chi connectivity index (χ3n) is 2.25. The fraction of sp³-hybridized carbons (Fsp3) is 0.889. The van der Waals surface area contributed by atoms with Crippen molar-refractivity contribution in [3.63, 3.8) is 0 Å². The summed E-state index contributed by atoms with van der Waals surface area (Å²) in [5, 5.41) is 11.4. The van der Waals surface area contributed by atoms with Crippen molar-refractivity contribution in [3.05, 3.63) is 0 Å². The van der Waals surface area contributed by atoms with Crippen molar-refractivity contribution in [3.8, 4) is 6.07 Å². The Morgan fingerprint density at radius 1 is 1.69 bits per heavy atom. The van der Waals surface area contributed by atoms with E-state index < -0.39 is 0 Å². The third-order valence-corrected chi connectivity index (χ3v) is 2.25. The van der Waals surface area contributed by atoms with Crippen molar-refractivity contribution in [1.82, 2.24) is 10.2 Å². The van der Waals surface area contributed by atoms with Crippen LogP contribution in [-0.2, 0) is 4.74 Å². The molecule has 0 spiro atoms. The number of nitrogens with one attached hydrogen (secondary N) is 1. The first kappa shape index (κ1) is 10.5. The van der Waals surface area contributed by atoms with Gasteiger partial charge in [0.2, 0.25) is 0 Å². The average Bonchev–Trinajstić information content (AvgIpc) is 2.19. The number of likely N-dealkylation sites (N-methyl/N-ethyl adjacent to an activating group) is 1. The van der Waals surface area contributed by atoms with Gasteiger partial charge in [0, 0.05) is 19.6 Å². The van der Waals surface area contributed by atoms with Gasteiger partial charge in [0.25, 0.3) is 0 Å². The lowest BCUT2D eigenvalue weighted by Gasteiger charge is -2.31. The Hall–Kier alpha value is -0.630. The van der Waals surface area contributed by atoms with Crippen LogP contribution in [0.25, 0.3) is 0 Å². The molecule has 0 aromatic heterocycles. The fourth-order valence-electron chi connectivity index (χ4n) is 1.48. The molecule has 0 aromatic rings. The summed E-state index contributed by atoms with van der Waals surface area (Å²) in [6, 6.07) is 2.05. The molecule has 1 aliphatic rings. The minimum Gasteiger partial charge on any atom is -0.374 e. The molecule has 74 valence electrons. The molecule has 4 nitrogen and oxygen atoms in total. The zero-order chi connectivity index (χ0) is 9.52. The van der Waals surface area contributed by atoms with E-state index in [9.17, 15) is 0 Å². The highest BCUT2D eigenvalue weighted by Crippen LogP contribution is 2.03. The van der Waals surface area contributed by atoms with Gasteiger partial charge in [-0.1, -0.05) is 6.92 Å². The van der Waals surface area contributed by atoms with Gasteiger partial charge >= 0.3 is 0 Å². The Labute approximate surface area is 79.5 Å². The zero-order valence-electron chi connectivity index (χ0n) is 8.12. The highest BCUT2D eigenvalue weighted by atomic mass is 16.5. The smallest absolute Gasteiger partial charge is 0.0841 e. The fourth-order valence-corrected chi connectivity index (χ4v) is 1.48. The van der Waals surface area contributed by atoms with Crippen molar-refractivity contribution in [2.75, 3.05) is 39.3 Å². The third kappa shape index (κ3) is 3.73. The number of ether oxygens (including phenoxy) is 1. The first-order chi connectivity index (χ1) is 6.36. The molecule has 1 saturated heterocycles.